The smallest absolute Gasteiger partial charge is 0.417 e. The molecule has 1 atom stereocenters. The lowest BCUT2D eigenvalue weighted by molar-refractivity contribution is -0.137. The number of amides is 1. The van der Waals surface area contributed by atoms with Crippen molar-refractivity contribution in [1.82, 2.24) is 19.9 Å². The highest BCUT2D eigenvalue weighted by Crippen LogP contribution is 2.33. The molecule has 1 amide bonds. The van der Waals surface area contributed by atoms with Crippen molar-refractivity contribution in [2.75, 3.05) is 49.6 Å². The van der Waals surface area contributed by atoms with Crippen molar-refractivity contribution in [3.8, 4) is 0 Å². The Balaban J connectivity index is 1.47. The van der Waals surface area contributed by atoms with Crippen molar-refractivity contribution in [2.24, 2.45) is 5.92 Å². The van der Waals surface area contributed by atoms with Crippen LogP contribution >= 0.6 is 0 Å². The number of alkyl halides is 3. The van der Waals surface area contributed by atoms with Gasteiger partial charge in [0.05, 0.1) is 30.5 Å². The van der Waals surface area contributed by atoms with Gasteiger partial charge >= 0.3 is 12.3 Å². The molecule has 0 unspecified atom stereocenters. The molecular formula is C21H24F4N6O3. The molecule has 0 radical (unpaired) electrons. The van der Waals surface area contributed by atoms with Crippen molar-refractivity contribution >= 4 is 17.7 Å². The largest absolute Gasteiger partial charge is 0.465 e. The van der Waals surface area contributed by atoms with Gasteiger partial charge in [-0.25, -0.2) is 14.8 Å². The first kappa shape index (κ1) is 23.9. The fourth-order valence-electron chi connectivity index (χ4n) is 4.13. The average Bonchev–Trinajstić information content (AvgIpc) is 2.83. The van der Waals surface area contributed by atoms with Crippen molar-refractivity contribution in [3.05, 3.63) is 41.7 Å². The minimum Gasteiger partial charge on any atom is -0.465 e. The first-order chi connectivity index (χ1) is 16.2. The van der Waals surface area contributed by atoms with Crippen LogP contribution in [0, 0.1) is 11.7 Å². The summed E-state index contributed by atoms with van der Waals surface area (Å²) in [5.41, 5.74) is -0.557. The van der Waals surface area contributed by atoms with Gasteiger partial charge in [-0.05, 0) is 30.9 Å². The van der Waals surface area contributed by atoms with Crippen molar-refractivity contribution < 1.29 is 32.2 Å². The van der Waals surface area contributed by atoms with Crippen LogP contribution in [0.25, 0.3) is 0 Å². The normalized spacial score (nSPS) is 19.8. The number of pyridine rings is 1. The van der Waals surface area contributed by atoms with Crippen LogP contribution in [0.4, 0.5) is 34.0 Å². The monoisotopic (exact) mass is 484 g/mol. The number of carboxylic acid groups (broad SMARTS) is 1. The van der Waals surface area contributed by atoms with Crippen LogP contribution < -0.4 is 10.2 Å². The summed E-state index contributed by atoms with van der Waals surface area (Å²) in [5.74, 6) is -0.491. The highest BCUT2D eigenvalue weighted by molar-refractivity contribution is 5.65. The van der Waals surface area contributed by atoms with E-state index in [1.807, 2.05) is 0 Å². The predicted octanol–water partition coefficient (Wildman–Crippen LogP) is 3.41. The number of piperidine rings is 1. The number of hydrogen-bond acceptors (Lipinski definition) is 7. The van der Waals surface area contributed by atoms with E-state index in [0.717, 1.165) is 12.3 Å². The molecule has 2 aromatic rings. The van der Waals surface area contributed by atoms with E-state index in [1.54, 1.807) is 4.90 Å². The minimum atomic E-state index is -4.50. The van der Waals surface area contributed by atoms with Gasteiger partial charge in [0.1, 0.15) is 6.33 Å². The zero-order valence-electron chi connectivity index (χ0n) is 18.1. The molecule has 2 aliphatic heterocycles. The van der Waals surface area contributed by atoms with Gasteiger partial charge in [0.15, 0.2) is 11.6 Å². The number of likely N-dealkylation sites (tertiary alicyclic amines) is 1. The molecule has 2 N–H and O–H groups in total. The second kappa shape index (κ2) is 9.95. The van der Waals surface area contributed by atoms with Gasteiger partial charge in [0.25, 0.3) is 0 Å². The maximum atomic E-state index is 15.4. The predicted molar refractivity (Wildman–Crippen MR) is 113 cm³/mol. The van der Waals surface area contributed by atoms with Crippen LogP contribution in [0.15, 0.2) is 24.7 Å². The number of nitrogens with one attached hydrogen (secondary N) is 1. The van der Waals surface area contributed by atoms with E-state index >= 15 is 4.39 Å². The third-order valence-corrected chi connectivity index (χ3v) is 6.07. The number of carbonyl (C=O) groups is 1. The Morgan fingerprint density at radius 2 is 1.94 bits per heavy atom. The molecule has 4 heterocycles. The third-order valence-electron chi connectivity index (χ3n) is 6.07. The molecule has 2 fully saturated rings. The Morgan fingerprint density at radius 3 is 2.59 bits per heavy atom. The van der Waals surface area contributed by atoms with E-state index in [-0.39, 0.29) is 30.7 Å². The third kappa shape index (κ3) is 5.29. The van der Waals surface area contributed by atoms with Crippen LogP contribution in [0.1, 0.15) is 30.1 Å². The van der Waals surface area contributed by atoms with E-state index in [1.165, 1.54) is 17.3 Å². The van der Waals surface area contributed by atoms with Gasteiger partial charge in [0, 0.05) is 32.4 Å². The molecule has 0 aromatic carbocycles. The van der Waals surface area contributed by atoms with Gasteiger partial charge in [-0.3, -0.25) is 4.98 Å². The number of nitrogens with zero attached hydrogens (tertiary/aromatic N) is 5. The minimum absolute atomic E-state index is 0.00759. The fraction of sp³-hybridized carbons (Fsp3) is 0.524. The van der Waals surface area contributed by atoms with Crippen LogP contribution in [0.5, 0.6) is 0 Å². The van der Waals surface area contributed by atoms with Gasteiger partial charge in [0.2, 0.25) is 5.82 Å². The number of morpholine rings is 1. The van der Waals surface area contributed by atoms with Crippen LogP contribution in [0.3, 0.4) is 0 Å². The zero-order chi connectivity index (χ0) is 24.3. The van der Waals surface area contributed by atoms with E-state index in [2.05, 4.69) is 20.3 Å². The van der Waals surface area contributed by atoms with Crippen molar-refractivity contribution in [3.63, 3.8) is 0 Å². The second-order valence-electron chi connectivity index (χ2n) is 8.21. The van der Waals surface area contributed by atoms with Gasteiger partial charge in [-0.2, -0.15) is 17.6 Å². The summed E-state index contributed by atoms with van der Waals surface area (Å²) in [6.07, 6.45) is -2.16. The van der Waals surface area contributed by atoms with Crippen molar-refractivity contribution in [2.45, 2.75) is 25.1 Å². The first-order valence-corrected chi connectivity index (χ1v) is 10.8. The van der Waals surface area contributed by atoms with E-state index < -0.39 is 29.7 Å². The van der Waals surface area contributed by atoms with Crippen LogP contribution in [0.2, 0.25) is 0 Å². The molecule has 34 heavy (non-hydrogen) atoms. The molecule has 2 aromatic heterocycles. The summed E-state index contributed by atoms with van der Waals surface area (Å²) in [5, 5.41) is 12.0. The van der Waals surface area contributed by atoms with Gasteiger partial charge in [-0.15, -0.1) is 0 Å². The summed E-state index contributed by atoms with van der Waals surface area (Å²) in [7, 11) is 0. The first-order valence-electron chi connectivity index (χ1n) is 10.8. The summed E-state index contributed by atoms with van der Waals surface area (Å²) in [6.45, 7) is 1.96. The molecule has 2 aliphatic rings. The topological polar surface area (TPSA) is 104 Å². The Hall–Kier alpha value is -3.22. The number of aromatic nitrogens is 3. The molecule has 0 aliphatic carbocycles. The number of anilines is 2. The number of hydrogen-bond donors (Lipinski definition) is 2. The van der Waals surface area contributed by atoms with Crippen molar-refractivity contribution in [1.29, 1.82) is 0 Å². The second-order valence-corrected chi connectivity index (χ2v) is 8.21. The molecule has 0 bridgehead atoms. The van der Waals surface area contributed by atoms with E-state index in [4.69, 9.17) is 9.84 Å². The SMILES string of the molecule is O=C(O)N1CCC(CNc2ncnc(N3CCOC[C@@H]3c3ccc(C(F)(F)F)cn3)c2F)CC1. The molecule has 4 rings (SSSR count). The highest BCUT2D eigenvalue weighted by Gasteiger charge is 2.33. The Bertz CT molecular complexity index is 999. The standard InChI is InChI=1S/C21H24F4N6O3/c22-17-18(27-9-13-3-5-30(6-4-13)20(32)33)28-12-29-19(17)31-7-8-34-11-16(31)15-2-1-14(10-26-15)21(23,24)25/h1-2,10,12-13,16H,3-9,11H2,(H,32,33)(H,27,28,29)/t16-/m1/s1. The maximum absolute atomic E-state index is 15.4. The summed E-state index contributed by atoms with van der Waals surface area (Å²) in [4.78, 5) is 26.0. The summed E-state index contributed by atoms with van der Waals surface area (Å²) < 4.78 is 59.5. The maximum Gasteiger partial charge on any atom is 0.417 e. The van der Waals surface area contributed by atoms with E-state index in [9.17, 15) is 18.0 Å². The molecule has 9 nitrogen and oxygen atoms in total. The molecule has 0 spiro atoms. The lowest BCUT2D eigenvalue weighted by Gasteiger charge is -2.36. The van der Waals surface area contributed by atoms with E-state index in [0.29, 0.717) is 44.8 Å². The number of ether oxygens (including phenoxy) is 1. The number of halogens is 4. The molecule has 2 saturated heterocycles. The van der Waals surface area contributed by atoms with Gasteiger partial charge < -0.3 is 25.0 Å². The average molecular weight is 484 g/mol. The van der Waals surface area contributed by atoms with Crippen LogP contribution in [-0.2, 0) is 10.9 Å². The highest BCUT2D eigenvalue weighted by atomic mass is 19.4. The molecule has 184 valence electrons. The fourth-order valence-corrected chi connectivity index (χ4v) is 4.13. The Morgan fingerprint density at radius 1 is 1.18 bits per heavy atom. The lowest BCUT2D eigenvalue weighted by atomic mass is 9.97. The van der Waals surface area contributed by atoms with Crippen LogP contribution in [-0.4, -0.2) is 70.4 Å². The quantitative estimate of drug-likeness (QED) is 0.623. The lowest BCUT2D eigenvalue weighted by Crippen LogP contribution is -2.41. The Kier molecular flexibility index (Phi) is 7.00. The number of rotatable bonds is 5. The molecule has 0 saturated carbocycles. The molecule has 13 heteroatoms. The zero-order valence-corrected chi connectivity index (χ0v) is 18.1. The molecular weight excluding hydrogens is 460 g/mol. The van der Waals surface area contributed by atoms with Gasteiger partial charge in [-0.1, -0.05) is 0 Å². The summed E-state index contributed by atoms with van der Waals surface area (Å²) >= 11 is 0. The Labute approximate surface area is 192 Å². The summed E-state index contributed by atoms with van der Waals surface area (Å²) in [6, 6.07) is 1.58.